The summed E-state index contributed by atoms with van der Waals surface area (Å²) in [5.74, 6) is -4.11. The Kier molecular flexibility index (Phi) is 3.68. The Morgan fingerprint density at radius 3 is 2.40 bits per heavy atom. The Balaban J connectivity index is 2.86. The maximum absolute atomic E-state index is 13.0. The van der Waals surface area contributed by atoms with Crippen LogP contribution in [0.15, 0.2) is 12.1 Å². The molecule has 1 aromatic carbocycles. The molecule has 0 aliphatic rings. The van der Waals surface area contributed by atoms with Gasteiger partial charge in [0.15, 0.2) is 11.6 Å². The van der Waals surface area contributed by atoms with Crippen molar-refractivity contribution in [3.05, 3.63) is 29.6 Å². The predicted molar refractivity (Wildman–Crippen MR) is 48.6 cm³/mol. The summed E-state index contributed by atoms with van der Waals surface area (Å²) in [6, 6.07) is 0.951. The van der Waals surface area contributed by atoms with Crippen LogP contribution in [0.2, 0.25) is 0 Å². The molecule has 0 bridgehead atoms. The molecule has 0 aromatic heterocycles. The minimum atomic E-state index is -1.30. The highest BCUT2D eigenvalue weighted by Gasteiger charge is 2.11. The summed E-state index contributed by atoms with van der Waals surface area (Å²) in [5, 5.41) is 2.08. The van der Waals surface area contributed by atoms with Gasteiger partial charge in [0.1, 0.15) is 5.82 Å². The number of hydrogen-bond acceptors (Lipinski definition) is 2. The largest absolute Gasteiger partial charge is 0.330 e. The molecule has 0 heterocycles. The second kappa shape index (κ2) is 4.79. The number of carbonyl (C=O) groups is 1. The van der Waals surface area contributed by atoms with Gasteiger partial charge in [-0.2, -0.15) is 0 Å². The first-order chi connectivity index (χ1) is 7.04. The molecule has 0 radical (unpaired) electrons. The Morgan fingerprint density at radius 1 is 1.20 bits per heavy atom. The van der Waals surface area contributed by atoms with E-state index in [1.54, 1.807) is 0 Å². The van der Waals surface area contributed by atoms with Crippen LogP contribution in [0.5, 0.6) is 0 Å². The maximum atomic E-state index is 13.0. The second-order valence-corrected chi connectivity index (χ2v) is 2.83. The van der Waals surface area contributed by atoms with Gasteiger partial charge < -0.3 is 11.1 Å². The maximum Gasteiger partial charge on any atom is 0.225 e. The zero-order valence-corrected chi connectivity index (χ0v) is 7.69. The molecule has 0 unspecified atom stereocenters. The lowest BCUT2D eigenvalue weighted by Crippen LogP contribution is -2.17. The van der Waals surface area contributed by atoms with E-state index in [1.165, 1.54) is 0 Å². The summed E-state index contributed by atoms with van der Waals surface area (Å²) in [6.45, 7) is 0.0944. The molecule has 82 valence electrons. The van der Waals surface area contributed by atoms with Crippen molar-refractivity contribution in [3.8, 4) is 0 Å². The molecule has 3 nitrogen and oxygen atoms in total. The quantitative estimate of drug-likeness (QED) is 0.753. The molecular weight excluding hydrogens is 209 g/mol. The summed E-state index contributed by atoms with van der Waals surface area (Å²) in [4.78, 5) is 11.0. The van der Waals surface area contributed by atoms with Crippen LogP contribution in [-0.4, -0.2) is 12.5 Å². The van der Waals surface area contributed by atoms with Gasteiger partial charge in [-0.15, -0.1) is 0 Å². The minimum absolute atomic E-state index is 0.0154. The molecule has 0 aliphatic heterocycles. The highest BCUT2D eigenvalue weighted by molar-refractivity contribution is 5.90. The number of amides is 1. The van der Waals surface area contributed by atoms with E-state index in [0.29, 0.717) is 12.1 Å². The van der Waals surface area contributed by atoms with Crippen LogP contribution in [0.1, 0.15) is 6.42 Å². The molecule has 1 rings (SSSR count). The van der Waals surface area contributed by atoms with Gasteiger partial charge in [-0.1, -0.05) is 0 Å². The van der Waals surface area contributed by atoms with Gasteiger partial charge in [-0.3, -0.25) is 4.79 Å². The van der Waals surface area contributed by atoms with Crippen LogP contribution >= 0.6 is 0 Å². The molecule has 1 amide bonds. The standard InChI is InChI=1S/C9H9F3N2O/c10-5-3-7(12)8(4-6(5)11)14-9(15)1-2-13/h3-4H,1-2,13H2,(H,14,15). The van der Waals surface area contributed by atoms with Gasteiger partial charge in [0.05, 0.1) is 5.69 Å². The normalized spacial score (nSPS) is 10.1. The Labute approximate surface area is 84.1 Å². The van der Waals surface area contributed by atoms with E-state index in [4.69, 9.17) is 5.73 Å². The van der Waals surface area contributed by atoms with Crippen LogP contribution in [0.25, 0.3) is 0 Å². The summed E-state index contributed by atoms with van der Waals surface area (Å²) >= 11 is 0. The number of anilines is 1. The van der Waals surface area contributed by atoms with E-state index in [9.17, 15) is 18.0 Å². The molecule has 6 heteroatoms. The van der Waals surface area contributed by atoms with Crippen LogP contribution in [0.3, 0.4) is 0 Å². The van der Waals surface area contributed by atoms with Crippen molar-refractivity contribution in [2.75, 3.05) is 11.9 Å². The van der Waals surface area contributed by atoms with Crippen LogP contribution in [-0.2, 0) is 4.79 Å². The first kappa shape index (κ1) is 11.5. The Bertz CT molecular complexity index is 382. The molecule has 0 atom stereocenters. The van der Waals surface area contributed by atoms with Crippen molar-refractivity contribution in [1.29, 1.82) is 0 Å². The van der Waals surface area contributed by atoms with E-state index in [0.717, 1.165) is 0 Å². The predicted octanol–water partition coefficient (Wildman–Crippen LogP) is 1.39. The van der Waals surface area contributed by atoms with Crippen molar-refractivity contribution in [1.82, 2.24) is 0 Å². The third kappa shape index (κ3) is 2.95. The molecule has 15 heavy (non-hydrogen) atoms. The fraction of sp³-hybridized carbons (Fsp3) is 0.222. The van der Waals surface area contributed by atoms with Crippen molar-refractivity contribution < 1.29 is 18.0 Å². The van der Waals surface area contributed by atoms with E-state index in [2.05, 4.69) is 5.32 Å². The fourth-order valence-corrected chi connectivity index (χ4v) is 0.962. The summed E-state index contributed by atoms with van der Waals surface area (Å²) in [7, 11) is 0. The third-order valence-electron chi connectivity index (χ3n) is 1.66. The third-order valence-corrected chi connectivity index (χ3v) is 1.66. The number of carbonyl (C=O) groups excluding carboxylic acids is 1. The van der Waals surface area contributed by atoms with Gasteiger partial charge in [-0.05, 0) is 0 Å². The number of benzene rings is 1. The van der Waals surface area contributed by atoms with Gasteiger partial charge >= 0.3 is 0 Å². The smallest absolute Gasteiger partial charge is 0.225 e. The Hall–Kier alpha value is -1.56. The second-order valence-electron chi connectivity index (χ2n) is 2.83. The molecule has 0 fully saturated rings. The lowest BCUT2D eigenvalue weighted by atomic mass is 10.2. The van der Waals surface area contributed by atoms with Crippen LogP contribution in [0, 0.1) is 17.5 Å². The number of hydrogen-bond donors (Lipinski definition) is 2. The Morgan fingerprint density at radius 2 is 1.80 bits per heavy atom. The first-order valence-corrected chi connectivity index (χ1v) is 4.19. The highest BCUT2D eigenvalue weighted by atomic mass is 19.2. The zero-order chi connectivity index (χ0) is 11.4. The van der Waals surface area contributed by atoms with Gasteiger partial charge in [0.2, 0.25) is 5.91 Å². The van der Waals surface area contributed by atoms with Gasteiger partial charge in [-0.25, -0.2) is 13.2 Å². The van der Waals surface area contributed by atoms with Crippen LogP contribution in [0.4, 0.5) is 18.9 Å². The molecule has 3 N–H and O–H groups in total. The number of nitrogens with one attached hydrogen (secondary N) is 1. The number of halogens is 3. The van der Waals surface area contributed by atoms with Gasteiger partial charge in [0.25, 0.3) is 0 Å². The SMILES string of the molecule is NCCC(=O)Nc1cc(F)c(F)cc1F. The number of rotatable bonds is 3. The summed E-state index contributed by atoms with van der Waals surface area (Å²) < 4.78 is 38.2. The minimum Gasteiger partial charge on any atom is -0.330 e. The molecule has 0 aliphatic carbocycles. The topological polar surface area (TPSA) is 55.1 Å². The van der Waals surface area contributed by atoms with Crippen molar-refractivity contribution >= 4 is 11.6 Å². The summed E-state index contributed by atoms with van der Waals surface area (Å²) in [6.07, 6.45) is -0.0154. The van der Waals surface area contributed by atoms with E-state index < -0.39 is 29.0 Å². The first-order valence-electron chi connectivity index (χ1n) is 4.19. The lowest BCUT2D eigenvalue weighted by molar-refractivity contribution is -0.116. The van der Waals surface area contributed by atoms with E-state index in [1.807, 2.05) is 0 Å². The monoisotopic (exact) mass is 218 g/mol. The van der Waals surface area contributed by atoms with Crippen molar-refractivity contribution in [2.24, 2.45) is 5.73 Å². The highest BCUT2D eigenvalue weighted by Crippen LogP contribution is 2.18. The molecule has 0 spiro atoms. The number of nitrogens with two attached hydrogens (primary N) is 1. The molecule has 0 saturated heterocycles. The average Bonchev–Trinajstić information content (AvgIpc) is 2.14. The average molecular weight is 218 g/mol. The van der Waals surface area contributed by atoms with Gasteiger partial charge in [0, 0.05) is 25.1 Å². The zero-order valence-electron chi connectivity index (χ0n) is 7.69. The lowest BCUT2D eigenvalue weighted by Gasteiger charge is -2.05. The van der Waals surface area contributed by atoms with Crippen molar-refractivity contribution in [3.63, 3.8) is 0 Å². The molecule has 1 aromatic rings. The van der Waals surface area contributed by atoms with Crippen molar-refractivity contribution in [2.45, 2.75) is 6.42 Å². The molecule has 0 saturated carbocycles. The molecular formula is C9H9F3N2O. The van der Waals surface area contributed by atoms with E-state index in [-0.39, 0.29) is 13.0 Å². The van der Waals surface area contributed by atoms with E-state index >= 15 is 0 Å². The van der Waals surface area contributed by atoms with Crippen LogP contribution < -0.4 is 11.1 Å². The fourth-order valence-electron chi connectivity index (χ4n) is 0.962. The summed E-state index contributed by atoms with van der Waals surface area (Å²) in [5.41, 5.74) is 4.69.